The highest BCUT2D eigenvalue weighted by atomic mass is 35.5. The van der Waals surface area contributed by atoms with Crippen molar-refractivity contribution in [3.05, 3.63) is 71.8 Å². The minimum absolute atomic E-state index is 0. The molecule has 1 saturated heterocycles. The summed E-state index contributed by atoms with van der Waals surface area (Å²) in [5, 5.41) is 5.35. The number of amides is 1. The Hall–Kier alpha value is -3.43. The van der Waals surface area contributed by atoms with E-state index in [1.54, 1.807) is 54.6 Å². The van der Waals surface area contributed by atoms with Crippen molar-refractivity contribution in [2.75, 3.05) is 19.8 Å². The Kier molecular flexibility index (Phi) is 11.0. The summed E-state index contributed by atoms with van der Waals surface area (Å²) in [4.78, 5) is 49.2. The second-order valence-electron chi connectivity index (χ2n) is 7.43. The van der Waals surface area contributed by atoms with Gasteiger partial charge in [-0.3, -0.25) is 9.59 Å². The normalized spacial score (nSPS) is 15.4. The van der Waals surface area contributed by atoms with E-state index < -0.39 is 49.1 Å². The van der Waals surface area contributed by atoms with E-state index in [4.69, 9.17) is 14.2 Å². The van der Waals surface area contributed by atoms with E-state index in [-0.39, 0.29) is 19.0 Å². The molecule has 0 radical (unpaired) electrons. The van der Waals surface area contributed by atoms with Gasteiger partial charge in [-0.1, -0.05) is 60.7 Å². The van der Waals surface area contributed by atoms with Gasteiger partial charge in [-0.2, -0.15) is 0 Å². The van der Waals surface area contributed by atoms with Crippen LogP contribution in [0.2, 0.25) is 0 Å². The molecule has 0 aromatic heterocycles. The van der Waals surface area contributed by atoms with Crippen molar-refractivity contribution in [3.8, 4) is 0 Å². The van der Waals surface area contributed by atoms with Crippen molar-refractivity contribution >= 4 is 36.2 Å². The SMILES string of the molecule is Cl.O=C(NC(COC(=O)C1CCCN1)C(=O)OCC(=O)c1ccccc1)OCc1ccccc1. The summed E-state index contributed by atoms with van der Waals surface area (Å²) in [6.45, 7) is -0.266. The fourth-order valence-corrected chi connectivity index (χ4v) is 3.17. The Balaban J connectivity index is 0.00000408. The van der Waals surface area contributed by atoms with Crippen molar-refractivity contribution in [1.82, 2.24) is 10.6 Å². The zero-order chi connectivity index (χ0) is 23.5. The van der Waals surface area contributed by atoms with Gasteiger partial charge in [0.05, 0.1) is 0 Å². The summed E-state index contributed by atoms with van der Waals surface area (Å²) in [5.74, 6) is -1.84. The van der Waals surface area contributed by atoms with E-state index in [0.717, 1.165) is 12.0 Å². The number of ketones is 1. The summed E-state index contributed by atoms with van der Waals surface area (Å²) in [5.41, 5.74) is 1.15. The smallest absolute Gasteiger partial charge is 0.408 e. The molecule has 10 heteroatoms. The molecule has 34 heavy (non-hydrogen) atoms. The van der Waals surface area contributed by atoms with Crippen molar-refractivity contribution < 1.29 is 33.4 Å². The van der Waals surface area contributed by atoms with Crippen LogP contribution in [0.15, 0.2) is 60.7 Å². The van der Waals surface area contributed by atoms with Crippen molar-refractivity contribution in [3.63, 3.8) is 0 Å². The Morgan fingerprint density at radius 2 is 1.62 bits per heavy atom. The molecular weight excluding hydrogens is 464 g/mol. The van der Waals surface area contributed by atoms with Gasteiger partial charge < -0.3 is 24.8 Å². The highest BCUT2D eigenvalue weighted by Gasteiger charge is 2.29. The number of Topliss-reactive ketones (excluding diaryl/α,β-unsaturated/α-hetero) is 1. The zero-order valence-electron chi connectivity index (χ0n) is 18.4. The summed E-state index contributed by atoms with van der Waals surface area (Å²) in [7, 11) is 0. The average Bonchev–Trinajstić information content (AvgIpc) is 3.40. The lowest BCUT2D eigenvalue weighted by atomic mass is 10.1. The number of carbonyl (C=O) groups is 4. The van der Waals surface area contributed by atoms with Crippen molar-refractivity contribution in [2.45, 2.75) is 31.5 Å². The van der Waals surface area contributed by atoms with Gasteiger partial charge in [0.25, 0.3) is 0 Å². The molecule has 1 aliphatic heterocycles. The van der Waals surface area contributed by atoms with Crippen LogP contribution in [-0.2, 0) is 30.4 Å². The number of hydrogen-bond donors (Lipinski definition) is 2. The third-order valence-electron chi connectivity index (χ3n) is 4.97. The van der Waals surface area contributed by atoms with Gasteiger partial charge in [-0.05, 0) is 24.9 Å². The van der Waals surface area contributed by atoms with Gasteiger partial charge in [-0.25, -0.2) is 9.59 Å². The van der Waals surface area contributed by atoms with Gasteiger partial charge in [0.2, 0.25) is 0 Å². The molecule has 182 valence electrons. The number of rotatable bonds is 10. The summed E-state index contributed by atoms with van der Waals surface area (Å²) in [6, 6.07) is 15.6. The number of halogens is 1. The topological polar surface area (TPSA) is 120 Å². The molecule has 0 aliphatic carbocycles. The fourth-order valence-electron chi connectivity index (χ4n) is 3.17. The van der Waals surface area contributed by atoms with E-state index in [1.165, 1.54) is 0 Å². The van der Waals surface area contributed by atoms with Gasteiger partial charge in [-0.15, -0.1) is 12.4 Å². The first-order valence-electron chi connectivity index (χ1n) is 10.6. The molecule has 2 aromatic carbocycles. The summed E-state index contributed by atoms with van der Waals surface area (Å²) >= 11 is 0. The van der Waals surface area contributed by atoms with E-state index in [9.17, 15) is 19.2 Å². The van der Waals surface area contributed by atoms with Crippen molar-refractivity contribution in [2.24, 2.45) is 0 Å². The van der Waals surface area contributed by atoms with Crippen LogP contribution >= 0.6 is 12.4 Å². The number of alkyl carbamates (subject to hydrolysis) is 1. The highest BCUT2D eigenvalue weighted by molar-refractivity contribution is 5.98. The number of ether oxygens (including phenoxy) is 3. The van der Waals surface area contributed by atoms with E-state index in [2.05, 4.69) is 10.6 Å². The molecule has 1 fully saturated rings. The minimum Gasteiger partial charge on any atom is -0.462 e. The number of nitrogens with one attached hydrogen (secondary N) is 2. The van der Waals surface area contributed by atoms with Gasteiger partial charge in [0.15, 0.2) is 18.4 Å². The van der Waals surface area contributed by atoms with Crippen LogP contribution < -0.4 is 10.6 Å². The molecule has 9 nitrogen and oxygen atoms in total. The lowest BCUT2D eigenvalue weighted by molar-refractivity contribution is -0.152. The van der Waals surface area contributed by atoms with Crippen LogP contribution in [0.25, 0.3) is 0 Å². The monoisotopic (exact) mass is 490 g/mol. The Morgan fingerprint density at radius 1 is 0.941 bits per heavy atom. The molecule has 1 heterocycles. The molecular formula is C24H27ClN2O7. The predicted molar refractivity (Wildman–Crippen MR) is 125 cm³/mol. The molecule has 1 aliphatic rings. The first-order valence-corrected chi connectivity index (χ1v) is 10.6. The number of esters is 2. The Labute approximate surface area is 203 Å². The number of carbonyl (C=O) groups excluding carboxylic acids is 4. The molecule has 0 spiro atoms. The lowest BCUT2D eigenvalue weighted by Gasteiger charge is -2.18. The van der Waals surface area contributed by atoms with Crippen LogP contribution in [0.3, 0.4) is 0 Å². The van der Waals surface area contributed by atoms with Crippen molar-refractivity contribution in [1.29, 1.82) is 0 Å². The maximum Gasteiger partial charge on any atom is 0.408 e. The predicted octanol–water partition coefficient (Wildman–Crippen LogP) is 2.42. The van der Waals surface area contributed by atoms with Gasteiger partial charge in [0, 0.05) is 5.56 Å². The largest absolute Gasteiger partial charge is 0.462 e. The molecule has 2 unspecified atom stereocenters. The molecule has 2 aromatic rings. The maximum atomic E-state index is 12.6. The van der Waals surface area contributed by atoms with E-state index >= 15 is 0 Å². The lowest BCUT2D eigenvalue weighted by Crippen LogP contribution is -2.47. The first kappa shape index (κ1) is 26.8. The maximum absolute atomic E-state index is 12.6. The minimum atomic E-state index is -1.33. The average molecular weight is 491 g/mol. The van der Waals surface area contributed by atoms with Gasteiger partial charge >= 0.3 is 18.0 Å². The first-order chi connectivity index (χ1) is 16.0. The second kappa shape index (κ2) is 14.0. The van der Waals surface area contributed by atoms with Crippen LogP contribution in [0.1, 0.15) is 28.8 Å². The number of hydrogen-bond acceptors (Lipinski definition) is 8. The third-order valence-corrected chi connectivity index (χ3v) is 4.97. The molecule has 1 amide bonds. The van der Waals surface area contributed by atoms with Crippen LogP contribution in [0, 0.1) is 0 Å². The third kappa shape index (κ3) is 8.49. The molecule has 2 N–H and O–H groups in total. The fraction of sp³-hybridized carbons (Fsp3) is 0.333. The summed E-state index contributed by atoms with van der Waals surface area (Å²) < 4.78 is 15.4. The highest BCUT2D eigenvalue weighted by Crippen LogP contribution is 2.08. The van der Waals surface area contributed by atoms with Crippen LogP contribution in [-0.4, -0.2) is 55.7 Å². The van der Waals surface area contributed by atoms with E-state index in [0.29, 0.717) is 18.5 Å². The van der Waals surface area contributed by atoms with E-state index in [1.807, 2.05) is 6.07 Å². The standard InChI is InChI=1S/C24H26N2O7.ClH/c27-21(18-10-5-2-6-11-18)16-32-23(29)20(15-31-22(28)19-12-7-13-25-19)26-24(30)33-14-17-8-3-1-4-9-17;/h1-6,8-11,19-20,25H,7,12-16H2,(H,26,30);1H. The van der Waals surface area contributed by atoms with Crippen LogP contribution in [0.4, 0.5) is 4.79 Å². The molecule has 0 saturated carbocycles. The quantitative estimate of drug-likeness (QED) is 0.296. The molecule has 2 atom stereocenters. The Bertz CT molecular complexity index is 950. The second-order valence-corrected chi connectivity index (χ2v) is 7.43. The molecule has 0 bridgehead atoms. The number of benzene rings is 2. The zero-order valence-corrected chi connectivity index (χ0v) is 19.3. The summed E-state index contributed by atoms with van der Waals surface area (Å²) in [6.07, 6.45) is 0.591. The van der Waals surface area contributed by atoms with Gasteiger partial charge in [0.1, 0.15) is 19.3 Å². The van der Waals surface area contributed by atoms with Crippen LogP contribution in [0.5, 0.6) is 0 Å². The Morgan fingerprint density at radius 3 is 2.26 bits per heavy atom. The molecule has 3 rings (SSSR count).